The maximum atomic E-state index is 14.3. The molecule has 4 rings (SSSR count). The molecule has 16 heteroatoms. The number of hydrogen-bond acceptors (Lipinski definition) is 13. The van der Waals surface area contributed by atoms with E-state index in [9.17, 15) is 24.9 Å². The van der Waals surface area contributed by atoms with Gasteiger partial charge in [0.15, 0.2) is 6.29 Å². The maximum absolute atomic E-state index is 14.3. The van der Waals surface area contributed by atoms with Crippen LogP contribution < -0.4 is 5.32 Å². The molecule has 0 aliphatic carbocycles. The zero-order valence-corrected chi connectivity index (χ0v) is 38.9. The molecule has 0 radical (unpaired) electrons. The number of nitrogens with one attached hydrogen (secondary N) is 1. The van der Waals surface area contributed by atoms with Crippen molar-refractivity contribution in [3.05, 3.63) is 69.7 Å². The van der Waals surface area contributed by atoms with E-state index in [2.05, 4.69) is 10.5 Å². The first-order valence-corrected chi connectivity index (χ1v) is 21.8. The molecule has 0 spiro atoms. The van der Waals surface area contributed by atoms with Crippen molar-refractivity contribution in [1.29, 1.82) is 0 Å². The fourth-order valence-corrected chi connectivity index (χ4v) is 9.02. The van der Waals surface area contributed by atoms with Gasteiger partial charge in [0.2, 0.25) is 0 Å². The molecule has 2 aromatic carbocycles. The second-order valence-electron chi connectivity index (χ2n) is 17.4. The van der Waals surface area contributed by atoms with Crippen molar-refractivity contribution in [2.75, 3.05) is 21.2 Å². The number of hydrogen-bond donors (Lipinski definition) is 4. The minimum Gasteiger partial charge on any atom is -0.459 e. The second-order valence-corrected chi connectivity index (χ2v) is 18.3. The largest absolute Gasteiger partial charge is 0.459 e. The fourth-order valence-electron chi connectivity index (χ4n) is 8.70. The van der Waals surface area contributed by atoms with Crippen molar-refractivity contribution >= 4 is 41.0 Å². The van der Waals surface area contributed by atoms with E-state index in [1.54, 1.807) is 58.0 Å². The third-order valence-corrected chi connectivity index (χ3v) is 13.1. The van der Waals surface area contributed by atoms with Crippen LogP contribution in [0.1, 0.15) is 85.8 Å². The van der Waals surface area contributed by atoms with Crippen LogP contribution >= 0.6 is 23.2 Å². The Morgan fingerprint density at radius 2 is 1.67 bits per heavy atom. The molecule has 61 heavy (non-hydrogen) atoms. The number of aliphatic hydroxyl groups is 3. The van der Waals surface area contributed by atoms with Crippen molar-refractivity contribution in [2.24, 2.45) is 28.8 Å². The molecule has 0 saturated carbocycles. The lowest BCUT2D eigenvalue weighted by Gasteiger charge is -2.48. The molecule has 0 bridgehead atoms. The van der Waals surface area contributed by atoms with Crippen LogP contribution in [0.5, 0.6) is 0 Å². The van der Waals surface area contributed by atoms with E-state index in [4.69, 9.17) is 51.7 Å². The summed E-state index contributed by atoms with van der Waals surface area (Å²) in [6.07, 6.45) is -7.45. The Morgan fingerprint density at radius 1 is 1.02 bits per heavy atom. The first-order chi connectivity index (χ1) is 28.6. The van der Waals surface area contributed by atoms with E-state index in [1.165, 1.54) is 14.0 Å². The monoisotopic (exact) mass is 895 g/mol. The number of oxime groups is 1. The van der Waals surface area contributed by atoms with Gasteiger partial charge >= 0.3 is 12.1 Å². The highest BCUT2D eigenvalue weighted by atomic mass is 35.5. The molecule has 1 amide bonds. The van der Waals surface area contributed by atoms with Crippen LogP contribution in [0.25, 0.3) is 0 Å². The normalized spacial score (nSPS) is 36.2. The lowest BCUT2D eigenvalue weighted by Crippen LogP contribution is -2.60. The first kappa shape index (κ1) is 50.6. The Morgan fingerprint density at radius 3 is 2.28 bits per heavy atom. The van der Waals surface area contributed by atoms with Gasteiger partial charge in [0.1, 0.15) is 30.5 Å². The summed E-state index contributed by atoms with van der Waals surface area (Å²) in [5.41, 5.74) is -1.42. The molecular formula is C45H67Cl2N3O11. The molecule has 2 aliphatic heterocycles. The molecule has 14 atom stereocenters. The van der Waals surface area contributed by atoms with Crippen molar-refractivity contribution in [3.63, 3.8) is 0 Å². The first-order valence-electron chi connectivity index (χ1n) is 21.1. The SMILES string of the molecule is CC[C@H]1OC(=O)[C@H](C)[C@@H](OC(=O)NCc2ccc(Cl)cc2)[C@H](C)[C@@H](O[C@@H]2O[C@H](C)C[C@H](N(C)C)[C@H]2O)[C@](C)(OC)C[C@@H](C)/C(=N/OCc2ccccc2Cl)[C@H](C)[C@@H](O)[C@]1(C)O. The average molecular weight is 897 g/mol. The summed E-state index contributed by atoms with van der Waals surface area (Å²) in [4.78, 5) is 35.9. The number of amides is 1. The van der Waals surface area contributed by atoms with Gasteiger partial charge in [-0.05, 0) is 84.8 Å². The van der Waals surface area contributed by atoms with Gasteiger partial charge in [-0.2, -0.15) is 0 Å². The number of alkyl carbamates (subject to hydrolysis) is 1. The van der Waals surface area contributed by atoms with Crippen LogP contribution in [0.3, 0.4) is 0 Å². The molecule has 2 heterocycles. The van der Waals surface area contributed by atoms with Crippen LogP contribution in [0.2, 0.25) is 10.0 Å². The minimum atomic E-state index is -1.97. The van der Waals surface area contributed by atoms with E-state index in [1.807, 2.05) is 58.0 Å². The van der Waals surface area contributed by atoms with E-state index in [0.29, 0.717) is 27.7 Å². The van der Waals surface area contributed by atoms with E-state index < -0.39 is 83.7 Å². The molecule has 2 aliphatic rings. The predicted molar refractivity (Wildman–Crippen MR) is 233 cm³/mol. The molecule has 0 aromatic heterocycles. The number of carbonyl (C=O) groups excluding carboxylic acids is 2. The number of benzene rings is 2. The number of aliphatic hydroxyl groups excluding tert-OH is 2. The molecule has 2 saturated heterocycles. The Kier molecular flexibility index (Phi) is 18.3. The number of likely N-dealkylation sites (N-methyl/N-ethyl adjacent to an activating group) is 1. The summed E-state index contributed by atoms with van der Waals surface area (Å²) in [7, 11) is 5.27. The van der Waals surface area contributed by atoms with E-state index in [-0.39, 0.29) is 38.1 Å². The molecule has 14 nitrogen and oxygen atoms in total. The van der Waals surface area contributed by atoms with E-state index >= 15 is 0 Å². The van der Waals surface area contributed by atoms with Gasteiger partial charge < -0.3 is 54.1 Å². The molecule has 0 unspecified atom stereocenters. The van der Waals surface area contributed by atoms with Crippen molar-refractivity contribution in [3.8, 4) is 0 Å². The number of carbonyl (C=O) groups is 2. The van der Waals surface area contributed by atoms with Crippen LogP contribution in [0.15, 0.2) is 53.7 Å². The minimum absolute atomic E-state index is 0.0216. The van der Waals surface area contributed by atoms with Gasteiger partial charge in [-0.25, -0.2) is 4.79 Å². The van der Waals surface area contributed by atoms with Gasteiger partial charge in [-0.3, -0.25) is 4.79 Å². The predicted octanol–water partition coefficient (Wildman–Crippen LogP) is 6.76. The average Bonchev–Trinajstić information content (AvgIpc) is 3.22. The molecule has 4 N–H and O–H groups in total. The van der Waals surface area contributed by atoms with Crippen molar-refractivity contribution in [1.82, 2.24) is 10.2 Å². The van der Waals surface area contributed by atoms with Gasteiger partial charge in [-0.15, -0.1) is 0 Å². The Hall–Kier alpha value is -3.05. The maximum Gasteiger partial charge on any atom is 0.407 e. The number of ether oxygens (including phenoxy) is 5. The van der Waals surface area contributed by atoms with Gasteiger partial charge in [0, 0.05) is 53.1 Å². The standard InChI is InChI=1S/C45H67Cl2N3O11/c1-12-35-45(8,55)39(52)27(4)36(49-57-24-31-15-13-14-16-33(31)47)25(2)22-44(7,56-11)40(61-42-37(51)34(50(9)10)21-26(3)58-42)28(5)38(29(6)41(53)59-35)60-43(54)48-23-30-17-19-32(46)20-18-30/h13-20,25-29,34-35,37-40,42,51-52,55H,12,21-24H2,1-11H3,(H,48,54)/b49-36-/t25-,26-,27+,28+,29-,34+,35-,37-,38+,39-,40-,42+,44-,45-/m1/s1. The second kappa shape index (κ2) is 22.0. The third-order valence-electron chi connectivity index (χ3n) is 12.5. The van der Waals surface area contributed by atoms with Crippen LogP contribution in [0.4, 0.5) is 4.79 Å². The molecular weight excluding hydrogens is 829 g/mol. The number of nitrogens with zero attached hydrogens (tertiary/aromatic N) is 2. The fraction of sp³-hybridized carbons (Fsp3) is 0.667. The van der Waals surface area contributed by atoms with Crippen molar-refractivity contribution in [2.45, 2.75) is 148 Å². The Balaban J connectivity index is 1.85. The quantitative estimate of drug-likeness (QED) is 0.138. The lowest BCUT2D eigenvalue weighted by molar-refractivity contribution is -0.301. The van der Waals surface area contributed by atoms with Crippen LogP contribution in [0, 0.1) is 23.7 Å². The summed E-state index contributed by atoms with van der Waals surface area (Å²) in [6.45, 7) is 14.0. The Labute approximate surface area is 371 Å². The topological polar surface area (TPSA) is 178 Å². The van der Waals surface area contributed by atoms with Crippen LogP contribution in [-0.4, -0.2) is 119 Å². The van der Waals surface area contributed by atoms with Gasteiger partial charge in [0.05, 0.1) is 35.5 Å². The summed E-state index contributed by atoms with van der Waals surface area (Å²) >= 11 is 12.5. The summed E-state index contributed by atoms with van der Waals surface area (Å²) in [6, 6.07) is 13.8. The van der Waals surface area contributed by atoms with Gasteiger partial charge in [0.25, 0.3) is 0 Å². The summed E-state index contributed by atoms with van der Waals surface area (Å²) in [5, 5.41) is 44.1. The Bertz CT molecular complexity index is 1770. The lowest BCUT2D eigenvalue weighted by atomic mass is 9.73. The number of esters is 1. The highest BCUT2D eigenvalue weighted by Gasteiger charge is 2.52. The molecule has 2 fully saturated rings. The number of halogens is 2. The smallest absolute Gasteiger partial charge is 0.407 e. The number of rotatable bonds is 11. The van der Waals surface area contributed by atoms with Crippen LogP contribution in [-0.2, 0) is 46.5 Å². The summed E-state index contributed by atoms with van der Waals surface area (Å²) < 4.78 is 31.8. The number of methoxy groups -OCH3 is 1. The summed E-state index contributed by atoms with van der Waals surface area (Å²) in [5.74, 6) is -4.12. The number of cyclic esters (lactones) is 1. The highest BCUT2D eigenvalue weighted by molar-refractivity contribution is 6.31. The third kappa shape index (κ3) is 12.6. The van der Waals surface area contributed by atoms with Gasteiger partial charge in [-0.1, -0.05) is 86.4 Å². The highest BCUT2D eigenvalue weighted by Crippen LogP contribution is 2.40. The van der Waals surface area contributed by atoms with E-state index in [0.717, 1.165) is 5.56 Å². The molecule has 342 valence electrons. The molecule has 2 aromatic rings. The van der Waals surface area contributed by atoms with Crippen molar-refractivity contribution < 1.29 is 53.4 Å². The zero-order valence-electron chi connectivity index (χ0n) is 37.3. The zero-order chi connectivity index (χ0) is 45.4.